The highest BCUT2D eigenvalue weighted by molar-refractivity contribution is 6.40. The zero-order chi connectivity index (χ0) is 10.0. The smallest absolute Gasteiger partial charge is 0.375 e. The Morgan fingerprint density at radius 2 is 2.15 bits per heavy atom. The monoisotopic (exact) mass is 184 g/mol. The van der Waals surface area contributed by atoms with Crippen molar-refractivity contribution in [3.63, 3.8) is 0 Å². The molecule has 13 heavy (non-hydrogen) atoms. The Labute approximate surface area is 76.3 Å². The van der Waals surface area contributed by atoms with Crippen LogP contribution in [0.15, 0.2) is 0 Å². The molecule has 0 N–H and O–H groups in total. The standard InChI is InChI=1S/C9H12O4/c1-5(2)3-7(10)6-4-13-9(12)8(6)11/h5-6H,3-4H2,1-2H3. The topological polar surface area (TPSA) is 60.4 Å². The van der Waals surface area contributed by atoms with Crippen molar-refractivity contribution in [1.29, 1.82) is 0 Å². The molecule has 0 bridgehead atoms. The fraction of sp³-hybridized carbons (Fsp3) is 0.667. The van der Waals surface area contributed by atoms with Gasteiger partial charge in [0, 0.05) is 6.42 Å². The van der Waals surface area contributed by atoms with Crippen LogP contribution in [0.2, 0.25) is 0 Å². The number of esters is 1. The molecular formula is C9H12O4. The number of cyclic esters (lactones) is 1. The van der Waals surface area contributed by atoms with Gasteiger partial charge >= 0.3 is 5.97 Å². The van der Waals surface area contributed by atoms with Crippen LogP contribution in [-0.4, -0.2) is 24.1 Å². The molecule has 0 radical (unpaired) electrons. The maximum Gasteiger partial charge on any atom is 0.375 e. The van der Waals surface area contributed by atoms with Crippen LogP contribution in [-0.2, 0) is 19.1 Å². The van der Waals surface area contributed by atoms with Gasteiger partial charge < -0.3 is 4.74 Å². The zero-order valence-electron chi connectivity index (χ0n) is 7.70. The molecule has 0 aliphatic carbocycles. The molecule has 0 aromatic rings. The van der Waals surface area contributed by atoms with E-state index in [1.54, 1.807) is 0 Å². The molecule has 4 nitrogen and oxygen atoms in total. The third-order valence-corrected chi connectivity index (χ3v) is 1.90. The van der Waals surface area contributed by atoms with Gasteiger partial charge in [-0.05, 0) is 5.92 Å². The molecular weight excluding hydrogens is 172 g/mol. The summed E-state index contributed by atoms with van der Waals surface area (Å²) in [4.78, 5) is 33.0. The van der Waals surface area contributed by atoms with Gasteiger partial charge in [0.1, 0.15) is 18.3 Å². The summed E-state index contributed by atoms with van der Waals surface area (Å²) in [5.41, 5.74) is 0. The lowest BCUT2D eigenvalue weighted by Gasteiger charge is -2.05. The van der Waals surface area contributed by atoms with E-state index in [-0.39, 0.29) is 18.3 Å². The number of ketones is 2. The van der Waals surface area contributed by atoms with Crippen LogP contribution in [0.4, 0.5) is 0 Å². The lowest BCUT2D eigenvalue weighted by atomic mass is 9.95. The van der Waals surface area contributed by atoms with Gasteiger partial charge in [-0.25, -0.2) is 4.79 Å². The summed E-state index contributed by atoms with van der Waals surface area (Å²) in [7, 11) is 0. The largest absolute Gasteiger partial charge is 0.459 e. The lowest BCUT2D eigenvalue weighted by molar-refractivity contribution is -0.147. The van der Waals surface area contributed by atoms with Crippen LogP contribution in [0.3, 0.4) is 0 Å². The van der Waals surface area contributed by atoms with E-state index >= 15 is 0 Å². The quantitative estimate of drug-likeness (QED) is 0.360. The minimum atomic E-state index is -0.873. The predicted octanol–water partition coefficient (Wildman–Crippen LogP) is 0.344. The van der Waals surface area contributed by atoms with Crippen molar-refractivity contribution in [2.24, 2.45) is 11.8 Å². The first-order valence-electron chi connectivity index (χ1n) is 4.26. The number of Topliss-reactive ketones (excluding diaryl/α,β-unsaturated/α-hetero) is 2. The van der Waals surface area contributed by atoms with E-state index in [1.807, 2.05) is 13.8 Å². The third-order valence-electron chi connectivity index (χ3n) is 1.90. The van der Waals surface area contributed by atoms with Crippen molar-refractivity contribution in [3.05, 3.63) is 0 Å². The summed E-state index contributed by atoms with van der Waals surface area (Å²) >= 11 is 0. The normalized spacial score (nSPS) is 22.2. The number of hydrogen-bond acceptors (Lipinski definition) is 4. The minimum absolute atomic E-state index is 0.0663. The molecule has 1 rings (SSSR count). The van der Waals surface area contributed by atoms with Crippen LogP contribution in [0.1, 0.15) is 20.3 Å². The Bertz CT molecular complexity index is 254. The summed E-state index contributed by atoms with van der Waals surface area (Å²) in [5, 5.41) is 0. The molecule has 1 atom stereocenters. The van der Waals surface area contributed by atoms with E-state index < -0.39 is 17.7 Å². The second kappa shape index (κ2) is 3.68. The average Bonchev–Trinajstić information content (AvgIpc) is 2.31. The summed E-state index contributed by atoms with van der Waals surface area (Å²) in [5.74, 6) is -2.38. The highest BCUT2D eigenvalue weighted by atomic mass is 16.5. The van der Waals surface area contributed by atoms with E-state index in [2.05, 4.69) is 4.74 Å². The molecule has 0 aromatic carbocycles. The molecule has 0 saturated carbocycles. The Morgan fingerprint density at radius 1 is 1.54 bits per heavy atom. The number of ether oxygens (including phenoxy) is 1. The molecule has 1 aliphatic rings. The molecule has 72 valence electrons. The van der Waals surface area contributed by atoms with E-state index in [0.29, 0.717) is 6.42 Å². The van der Waals surface area contributed by atoms with E-state index in [0.717, 1.165) is 0 Å². The molecule has 1 saturated heterocycles. The fourth-order valence-corrected chi connectivity index (χ4v) is 1.23. The van der Waals surface area contributed by atoms with Crippen molar-refractivity contribution in [2.45, 2.75) is 20.3 Å². The van der Waals surface area contributed by atoms with Crippen LogP contribution in [0, 0.1) is 11.8 Å². The third kappa shape index (κ3) is 2.14. The Hall–Kier alpha value is -1.19. The molecule has 1 aliphatic heterocycles. The highest BCUT2D eigenvalue weighted by Gasteiger charge is 2.39. The second-order valence-electron chi connectivity index (χ2n) is 3.58. The van der Waals surface area contributed by atoms with Gasteiger partial charge in [-0.3, -0.25) is 9.59 Å². The van der Waals surface area contributed by atoms with Crippen LogP contribution in [0.25, 0.3) is 0 Å². The molecule has 4 heteroatoms. The number of rotatable bonds is 3. The van der Waals surface area contributed by atoms with Gasteiger partial charge in [-0.15, -0.1) is 0 Å². The van der Waals surface area contributed by atoms with Crippen molar-refractivity contribution in [3.8, 4) is 0 Å². The molecule has 0 aromatic heterocycles. The molecule has 0 amide bonds. The Morgan fingerprint density at radius 3 is 2.54 bits per heavy atom. The maximum atomic E-state index is 11.4. The van der Waals surface area contributed by atoms with Crippen LogP contribution < -0.4 is 0 Å². The van der Waals surface area contributed by atoms with E-state index in [4.69, 9.17) is 0 Å². The summed E-state index contributed by atoms with van der Waals surface area (Å²) in [6, 6.07) is 0. The van der Waals surface area contributed by atoms with Crippen LogP contribution >= 0.6 is 0 Å². The first-order chi connectivity index (χ1) is 6.02. The maximum absolute atomic E-state index is 11.4. The van der Waals surface area contributed by atoms with Gasteiger partial charge in [0.2, 0.25) is 0 Å². The van der Waals surface area contributed by atoms with Gasteiger partial charge in [-0.2, -0.15) is 0 Å². The summed E-state index contributed by atoms with van der Waals surface area (Å²) in [6.45, 7) is 3.71. The van der Waals surface area contributed by atoms with E-state index in [9.17, 15) is 14.4 Å². The van der Waals surface area contributed by atoms with E-state index in [1.165, 1.54) is 0 Å². The predicted molar refractivity (Wildman–Crippen MR) is 43.9 cm³/mol. The second-order valence-corrected chi connectivity index (χ2v) is 3.58. The molecule has 1 fully saturated rings. The number of carbonyl (C=O) groups is 3. The highest BCUT2D eigenvalue weighted by Crippen LogP contribution is 2.15. The SMILES string of the molecule is CC(C)CC(=O)C1COC(=O)C1=O. The zero-order valence-corrected chi connectivity index (χ0v) is 7.70. The van der Waals surface area contributed by atoms with Crippen molar-refractivity contribution < 1.29 is 19.1 Å². The average molecular weight is 184 g/mol. The molecule has 1 heterocycles. The molecule has 0 spiro atoms. The Balaban J connectivity index is 2.58. The summed E-state index contributed by atoms with van der Waals surface area (Å²) in [6.07, 6.45) is 0.326. The van der Waals surface area contributed by atoms with Gasteiger partial charge in [0.25, 0.3) is 5.78 Å². The lowest BCUT2D eigenvalue weighted by Crippen LogP contribution is -2.24. The Kier molecular flexibility index (Phi) is 2.80. The van der Waals surface area contributed by atoms with Crippen molar-refractivity contribution >= 4 is 17.5 Å². The van der Waals surface area contributed by atoms with Crippen molar-refractivity contribution in [1.82, 2.24) is 0 Å². The summed E-state index contributed by atoms with van der Waals surface area (Å²) < 4.78 is 4.47. The first-order valence-corrected chi connectivity index (χ1v) is 4.26. The minimum Gasteiger partial charge on any atom is -0.459 e. The van der Waals surface area contributed by atoms with Crippen molar-refractivity contribution in [2.75, 3.05) is 6.61 Å². The van der Waals surface area contributed by atoms with Gasteiger partial charge in [0.05, 0.1) is 0 Å². The van der Waals surface area contributed by atoms with Gasteiger partial charge in [-0.1, -0.05) is 13.8 Å². The first kappa shape index (κ1) is 9.89. The van der Waals surface area contributed by atoms with Gasteiger partial charge in [0.15, 0.2) is 0 Å². The fourth-order valence-electron chi connectivity index (χ4n) is 1.23. The van der Waals surface area contributed by atoms with Crippen LogP contribution in [0.5, 0.6) is 0 Å². The number of hydrogen-bond donors (Lipinski definition) is 0. The number of carbonyl (C=O) groups excluding carboxylic acids is 3. The molecule has 1 unspecified atom stereocenters.